The molecule has 5 N–H and O–H groups in total. The van der Waals surface area contributed by atoms with Crippen LogP contribution in [0.1, 0.15) is 79.1 Å². The molecule has 0 aromatic heterocycles. The van der Waals surface area contributed by atoms with E-state index in [-0.39, 0.29) is 48.9 Å². The quantitative estimate of drug-likeness (QED) is 0.282. The molecule has 1 saturated heterocycles. The average Bonchev–Trinajstić information content (AvgIpc) is 3.14. The van der Waals surface area contributed by atoms with Crippen LogP contribution in [0.25, 0.3) is 0 Å². The number of carbonyl (C=O) groups excluding carboxylic acids is 4. The van der Waals surface area contributed by atoms with Crippen LogP contribution in [0.15, 0.2) is 0 Å². The van der Waals surface area contributed by atoms with E-state index in [1.54, 1.807) is 32.6 Å². The maximum atomic E-state index is 12.9. The molecule has 0 radical (unpaired) electrons. The Bertz CT molecular complexity index is 711. The van der Waals surface area contributed by atoms with Gasteiger partial charge in [-0.2, -0.15) is 0 Å². The SMILES string of the molecule is CCC(CC(CC(NC(=O)CCCC(C)C(N)=O)C(=O)NC(C)C)N1CCCC1=O)C(=O)O. The summed E-state index contributed by atoms with van der Waals surface area (Å²) in [5.41, 5.74) is 5.25. The Morgan fingerprint density at radius 1 is 1.12 bits per heavy atom. The first-order valence-corrected chi connectivity index (χ1v) is 11.9. The molecule has 33 heavy (non-hydrogen) atoms. The lowest BCUT2D eigenvalue weighted by Crippen LogP contribution is -2.52. The zero-order valence-electron chi connectivity index (χ0n) is 20.3. The number of likely N-dealkylation sites (tertiary alicyclic amines) is 1. The highest BCUT2D eigenvalue weighted by atomic mass is 16.4. The largest absolute Gasteiger partial charge is 0.481 e. The highest BCUT2D eigenvalue weighted by Gasteiger charge is 2.35. The van der Waals surface area contributed by atoms with Crippen LogP contribution in [-0.4, -0.2) is 64.3 Å². The third-order valence-electron chi connectivity index (χ3n) is 6.07. The fourth-order valence-corrected chi connectivity index (χ4v) is 4.04. The number of primary amides is 1. The Balaban J connectivity index is 2.97. The lowest BCUT2D eigenvalue weighted by Gasteiger charge is -2.33. The van der Waals surface area contributed by atoms with Crippen LogP contribution in [0.3, 0.4) is 0 Å². The van der Waals surface area contributed by atoms with Crippen LogP contribution in [-0.2, 0) is 24.0 Å². The zero-order valence-corrected chi connectivity index (χ0v) is 20.3. The fourth-order valence-electron chi connectivity index (χ4n) is 4.04. The molecule has 1 rings (SSSR count). The molecular formula is C23H40N4O6. The highest BCUT2D eigenvalue weighted by Crippen LogP contribution is 2.24. The fraction of sp³-hybridized carbons (Fsp3) is 0.783. The number of nitrogens with zero attached hydrogens (tertiary/aromatic N) is 1. The van der Waals surface area contributed by atoms with Crippen molar-refractivity contribution in [1.29, 1.82) is 0 Å². The van der Waals surface area contributed by atoms with Crippen molar-refractivity contribution in [3.05, 3.63) is 0 Å². The Morgan fingerprint density at radius 2 is 1.79 bits per heavy atom. The van der Waals surface area contributed by atoms with E-state index in [1.807, 2.05) is 0 Å². The number of rotatable bonds is 15. The normalized spacial score (nSPS) is 17.4. The summed E-state index contributed by atoms with van der Waals surface area (Å²) < 4.78 is 0. The van der Waals surface area contributed by atoms with E-state index < -0.39 is 29.9 Å². The summed E-state index contributed by atoms with van der Waals surface area (Å²) in [6, 6.07) is -1.53. The highest BCUT2D eigenvalue weighted by molar-refractivity contribution is 5.88. The number of hydrogen-bond donors (Lipinski definition) is 4. The van der Waals surface area contributed by atoms with Crippen LogP contribution in [0.2, 0.25) is 0 Å². The number of carboxylic acid groups (broad SMARTS) is 1. The molecule has 0 aromatic carbocycles. The Hall–Kier alpha value is -2.65. The van der Waals surface area contributed by atoms with E-state index in [2.05, 4.69) is 10.6 Å². The predicted molar refractivity (Wildman–Crippen MR) is 123 cm³/mol. The number of nitrogens with one attached hydrogen (secondary N) is 2. The summed E-state index contributed by atoms with van der Waals surface area (Å²) in [7, 11) is 0. The maximum Gasteiger partial charge on any atom is 0.306 e. The molecule has 1 aliphatic heterocycles. The Kier molecular flexibility index (Phi) is 11.9. The second-order valence-electron chi connectivity index (χ2n) is 9.24. The van der Waals surface area contributed by atoms with E-state index in [9.17, 15) is 29.1 Å². The van der Waals surface area contributed by atoms with Gasteiger partial charge < -0.3 is 26.4 Å². The van der Waals surface area contributed by atoms with Crippen LogP contribution >= 0.6 is 0 Å². The van der Waals surface area contributed by atoms with Gasteiger partial charge in [0.1, 0.15) is 6.04 Å². The first-order valence-electron chi connectivity index (χ1n) is 11.9. The summed E-state index contributed by atoms with van der Waals surface area (Å²) in [6.45, 7) is 7.60. The lowest BCUT2D eigenvalue weighted by molar-refractivity contribution is -0.144. The number of hydrogen-bond acceptors (Lipinski definition) is 5. The van der Waals surface area contributed by atoms with Gasteiger partial charge in [0.25, 0.3) is 0 Å². The Labute approximate surface area is 196 Å². The van der Waals surface area contributed by atoms with Crippen molar-refractivity contribution in [3.8, 4) is 0 Å². The van der Waals surface area contributed by atoms with Gasteiger partial charge >= 0.3 is 5.97 Å². The molecule has 188 valence electrons. The van der Waals surface area contributed by atoms with Crippen molar-refractivity contribution in [2.45, 2.75) is 97.2 Å². The molecule has 4 unspecified atom stereocenters. The van der Waals surface area contributed by atoms with Crippen molar-refractivity contribution >= 4 is 29.6 Å². The smallest absolute Gasteiger partial charge is 0.306 e. The van der Waals surface area contributed by atoms with Crippen LogP contribution < -0.4 is 16.4 Å². The first kappa shape index (κ1) is 28.4. The molecule has 0 bridgehead atoms. The number of aliphatic carboxylic acids is 1. The van der Waals surface area contributed by atoms with E-state index >= 15 is 0 Å². The molecule has 4 amide bonds. The summed E-state index contributed by atoms with van der Waals surface area (Å²) in [4.78, 5) is 62.3. The molecule has 1 aliphatic rings. The first-order chi connectivity index (χ1) is 15.5. The zero-order chi connectivity index (χ0) is 25.1. The summed E-state index contributed by atoms with van der Waals surface area (Å²) in [5.74, 6) is -3.13. The molecule has 0 spiro atoms. The second kappa shape index (κ2) is 13.8. The summed E-state index contributed by atoms with van der Waals surface area (Å²) >= 11 is 0. The van der Waals surface area contributed by atoms with Gasteiger partial charge in [-0.15, -0.1) is 0 Å². The second-order valence-corrected chi connectivity index (χ2v) is 9.24. The lowest BCUT2D eigenvalue weighted by atomic mass is 9.92. The van der Waals surface area contributed by atoms with Crippen molar-refractivity contribution in [2.75, 3.05) is 6.54 Å². The molecule has 1 heterocycles. The monoisotopic (exact) mass is 468 g/mol. The van der Waals surface area contributed by atoms with Gasteiger partial charge in [0.15, 0.2) is 0 Å². The molecule has 10 nitrogen and oxygen atoms in total. The molecule has 0 aliphatic carbocycles. The third kappa shape index (κ3) is 9.79. The Morgan fingerprint density at radius 3 is 2.27 bits per heavy atom. The molecule has 0 aromatic rings. The summed E-state index contributed by atoms with van der Waals surface area (Å²) in [5, 5.41) is 15.1. The minimum absolute atomic E-state index is 0.0602. The van der Waals surface area contributed by atoms with Crippen molar-refractivity contribution in [1.82, 2.24) is 15.5 Å². The average molecular weight is 469 g/mol. The molecule has 4 atom stereocenters. The van der Waals surface area contributed by atoms with Crippen LogP contribution in [0.5, 0.6) is 0 Å². The third-order valence-corrected chi connectivity index (χ3v) is 6.07. The van der Waals surface area contributed by atoms with E-state index in [1.165, 1.54) is 0 Å². The molecule has 0 saturated carbocycles. The van der Waals surface area contributed by atoms with Gasteiger partial charge in [0.05, 0.1) is 5.92 Å². The van der Waals surface area contributed by atoms with Crippen LogP contribution in [0, 0.1) is 11.8 Å². The number of carboxylic acids is 1. The van der Waals surface area contributed by atoms with Crippen LogP contribution in [0.4, 0.5) is 0 Å². The van der Waals surface area contributed by atoms with Gasteiger partial charge in [-0.05, 0) is 52.4 Å². The molecule has 10 heteroatoms. The molecular weight excluding hydrogens is 428 g/mol. The minimum atomic E-state index is -0.940. The topological polar surface area (TPSA) is 159 Å². The van der Waals surface area contributed by atoms with Crippen molar-refractivity contribution in [3.63, 3.8) is 0 Å². The predicted octanol–water partition coefficient (Wildman–Crippen LogP) is 1.17. The van der Waals surface area contributed by atoms with E-state index in [4.69, 9.17) is 5.73 Å². The van der Waals surface area contributed by atoms with Gasteiger partial charge in [0.2, 0.25) is 23.6 Å². The van der Waals surface area contributed by atoms with Crippen molar-refractivity contribution < 1.29 is 29.1 Å². The van der Waals surface area contributed by atoms with E-state index in [0.29, 0.717) is 38.6 Å². The van der Waals surface area contributed by atoms with E-state index in [0.717, 1.165) is 0 Å². The molecule has 1 fully saturated rings. The number of nitrogens with two attached hydrogens (primary N) is 1. The van der Waals surface area contributed by atoms with Crippen molar-refractivity contribution in [2.24, 2.45) is 17.6 Å². The van der Waals surface area contributed by atoms with Gasteiger partial charge in [-0.3, -0.25) is 24.0 Å². The number of amides is 4. The minimum Gasteiger partial charge on any atom is -0.481 e. The van der Waals surface area contributed by atoms with Gasteiger partial charge in [-0.1, -0.05) is 13.8 Å². The van der Waals surface area contributed by atoms with Gasteiger partial charge in [0, 0.05) is 37.4 Å². The standard InChI is InChI=1S/C23H40N4O6/c1-5-16(23(32)33)12-17(27-11-7-10-20(27)29)13-18(22(31)25-14(2)3)26-19(28)9-6-8-15(4)21(24)30/h14-18H,5-13H2,1-4H3,(H2,24,30)(H,25,31)(H,26,28)(H,32,33). The van der Waals surface area contributed by atoms with Gasteiger partial charge in [-0.25, -0.2) is 0 Å². The maximum absolute atomic E-state index is 12.9. The number of carbonyl (C=O) groups is 5. The summed E-state index contributed by atoms with van der Waals surface area (Å²) in [6.07, 6.45) is 2.88.